The Morgan fingerprint density at radius 1 is 1.33 bits per heavy atom. The van der Waals surface area contributed by atoms with Crippen LogP contribution in [0.5, 0.6) is 5.75 Å². The quantitative estimate of drug-likeness (QED) is 0.763. The first-order valence-electron chi connectivity index (χ1n) is 4.62. The summed E-state index contributed by atoms with van der Waals surface area (Å²) in [6, 6.07) is 7.77. The summed E-state index contributed by atoms with van der Waals surface area (Å²) in [6.45, 7) is 0.631. The standard InChI is InChI=1S/C11H10ClNOS/c12-11-10(4-1-6-13-11)14-7-5-9-3-2-8-15-9/h1-4,6,8H,5,7H2. The van der Waals surface area contributed by atoms with Gasteiger partial charge in [-0.15, -0.1) is 11.3 Å². The average molecular weight is 240 g/mol. The first kappa shape index (κ1) is 10.5. The van der Waals surface area contributed by atoms with E-state index >= 15 is 0 Å². The summed E-state index contributed by atoms with van der Waals surface area (Å²) in [6.07, 6.45) is 2.55. The van der Waals surface area contributed by atoms with Crippen LogP contribution >= 0.6 is 22.9 Å². The molecule has 0 saturated carbocycles. The highest BCUT2D eigenvalue weighted by molar-refractivity contribution is 7.09. The normalized spacial score (nSPS) is 10.2. The predicted molar refractivity (Wildman–Crippen MR) is 62.8 cm³/mol. The molecule has 0 spiro atoms. The lowest BCUT2D eigenvalue weighted by Gasteiger charge is -2.05. The summed E-state index contributed by atoms with van der Waals surface area (Å²) >= 11 is 7.59. The Labute approximate surface area is 97.5 Å². The molecule has 0 aliphatic heterocycles. The van der Waals surface area contributed by atoms with Gasteiger partial charge in [-0.3, -0.25) is 0 Å². The summed E-state index contributed by atoms with van der Waals surface area (Å²) < 4.78 is 5.52. The molecule has 0 saturated heterocycles. The van der Waals surface area contributed by atoms with E-state index in [1.165, 1.54) is 4.88 Å². The van der Waals surface area contributed by atoms with Crippen molar-refractivity contribution < 1.29 is 4.74 Å². The topological polar surface area (TPSA) is 22.1 Å². The van der Waals surface area contributed by atoms with Gasteiger partial charge in [0.2, 0.25) is 0 Å². The van der Waals surface area contributed by atoms with E-state index in [4.69, 9.17) is 16.3 Å². The fourth-order valence-corrected chi connectivity index (χ4v) is 2.06. The lowest BCUT2D eigenvalue weighted by molar-refractivity contribution is 0.322. The van der Waals surface area contributed by atoms with Crippen LogP contribution in [-0.4, -0.2) is 11.6 Å². The second-order valence-corrected chi connectivity index (χ2v) is 4.36. The van der Waals surface area contributed by atoms with Crippen molar-refractivity contribution >= 4 is 22.9 Å². The number of ether oxygens (including phenoxy) is 1. The van der Waals surface area contributed by atoms with Gasteiger partial charge in [-0.2, -0.15) is 0 Å². The van der Waals surface area contributed by atoms with Gasteiger partial charge >= 0.3 is 0 Å². The monoisotopic (exact) mass is 239 g/mol. The molecule has 4 heteroatoms. The maximum Gasteiger partial charge on any atom is 0.171 e. The van der Waals surface area contributed by atoms with Crippen molar-refractivity contribution in [3.63, 3.8) is 0 Å². The third-order valence-corrected chi connectivity index (χ3v) is 3.13. The van der Waals surface area contributed by atoms with Crippen LogP contribution in [0, 0.1) is 0 Å². The van der Waals surface area contributed by atoms with Gasteiger partial charge in [0.15, 0.2) is 10.9 Å². The molecule has 2 aromatic rings. The highest BCUT2D eigenvalue weighted by atomic mass is 35.5. The van der Waals surface area contributed by atoms with Gasteiger partial charge in [0.25, 0.3) is 0 Å². The molecule has 0 amide bonds. The van der Waals surface area contributed by atoms with Gasteiger partial charge in [0, 0.05) is 17.5 Å². The number of pyridine rings is 1. The van der Waals surface area contributed by atoms with Gasteiger partial charge in [-0.25, -0.2) is 4.98 Å². The number of thiophene rings is 1. The molecule has 0 atom stereocenters. The first-order chi connectivity index (χ1) is 7.36. The van der Waals surface area contributed by atoms with Crippen LogP contribution < -0.4 is 4.74 Å². The Morgan fingerprint density at radius 3 is 3.00 bits per heavy atom. The van der Waals surface area contributed by atoms with Crippen molar-refractivity contribution in [1.29, 1.82) is 0 Å². The van der Waals surface area contributed by atoms with Crippen LogP contribution in [0.15, 0.2) is 35.8 Å². The second kappa shape index (κ2) is 5.14. The highest BCUT2D eigenvalue weighted by Gasteiger charge is 2.01. The number of aromatic nitrogens is 1. The van der Waals surface area contributed by atoms with Crippen LogP contribution in [0.1, 0.15) is 4.88 Å². The third kappa shape index (κ3) is 2.94. The molecular weight excluding hydrogens is 230 g/mol. The van der Waals surface area contributed by atoms with Crippen LogP contribution in [0.25, 0.3) is 0 Å². The third-order valence-electron chi connectivity index (χ3n) is 1.91. The molecule has 0 N–H and O–H groups in total. The van der Waals surface area contributed by atoms with E-state index in [-0.39, 0.29) is 0 Å². The first-order valence-corrected chi connectivity index (χ1v) is 5.88. The van der Waals surface area contributed by atoms with Gasteiger partial charge in [-0.1, -0.05) is 17.7 Å². The van der Waals surface area contributed by atoms with Gasteiger partial charge in [-0.05, 0) is 23.6 Å². The van der Waals surface area contributed by atoms with E-state index in [0.717, 1.165) is 6.42 Å². The minimum atomic E-state index is 0.420. The van der Waals surface area contributed by atoms with Gasteiger partial charge < -0.3 is 4.74 Å². The highest BCUT2D eigenvalue weighted by Crippen LogP contribution is 2.20. The fourth-order valence-electron chi connectivity index (χ4n) is 1.20. The van der Waals surface area contributed by atoms with Crippen LogP contribution in [0.4, 0.5) is 0 Å². The molecule has 2 heterocycles. The summed E-state index contributed by atoms with van der Waals surface area (Å²) in [7, 11) is 0. The van der Waals surface area contributed by atoms with E-state index in [9.17, 15) is 0 Å². The molecule has 0 radical (unpaired) electrons. The van der Waals surface area contributed by atoms with Crippen LogP contribution in [0.3, 0.4) is 0 Å². The summed E-state index contributed by atoms with van der Waals surface area (Å²) in [5, 5.41) is 2.48. The summed E-state index contributed by atoms with van der Waals surface area (Å²) in [5.41, 5.74) is 0. The molecule has 0 aromatic carbocycles. The fraction of sp³-hybridized carbons (Fsp3) is 0.182. The largest absolute Gasteiger partial charge is 0.490 e. The van der Waals surface area contributed by atoms with Crippen molar-refractivity contribution in [1.82, 2.24) is 4.98 Å². The van der Waals surface area contributed by atoms with Crippen molar-refractivity contribution in [3.05, 3.63) is 45.9 Å². The van der Waals surface area contributed by atoms with Crippen molar-refractivity contribution in [2.24, 2.45) is 0 Å². The second-order valence-electron chi connectivity index (χ2n) is 2.97. The van der Waals surface area contributed by atoms with Crippen molar-refractivity contribution in [3.8, 4) is 5.75 Å². The predicted octanol–water partition coefficient (Wildman–Crippen LogP) is 3.42. The molecule has 15 heavy (non-hydrogen) atoms. The van der Waals surface area contributed by atoms with Crippen molar-refractivity contribution in [2.75, 3.05) is 6.61 Å². The smallest absolute Gasteiger partial charge is 0.171 e. The van der Waals surface area contributed by atoms with E-state index in [1.54, 1.807) is 17.5 Å². The van der Waals surface area contributed by atoms with Gasteiger partial charge in [0.1, 0.15) is 0 Å². The van der Waals surface area contributed by atoms with E-state index in [1.807, 2.05) is 18.2 Å². The SMILES string of the molecule is Clc1ncccc1OCCc1cccs1. The maximum atomic E-state index is 5.85. The number of nitrogens with zero attached hydrogens (tertiary/aromatic N) is 1. The van der Waals surface area contributed by atoms with E-state index < -0.39 is 0 Å². The Bertz CT molecular complexity index is 416. The maximum absolute atomic E-state index is 5.85. The Hall–Kier alpha value is -1.06. The molecular formula is C11H10ClNOS. The molecule has 0 unspecified atom stereocenters. The molecule has 2 nitrogen and oxygen atoms in total. The molecule has 0 aliphatic carbocycles. The Morgan fingerprint density at radius 2 is 2.27 bits per heavy atom. The molecule has 78 valence electrons. The number of hydrogen-bond acceptors (Lipinski definition) is 3. The van der Waals surface area contributed by atoms with Crippen molar-refractivity contribution in [2.45, 2.75) is 6.42 Å². The molecule has 2 rings (SSSR count). The molecule has 0 bridgehead atoms. The summed E-state index contributed by atoms with van der Waals surface area (Å²) in [4.78, 5) is 5.25. The zero-order valence-corrected chi connectivity index (χ0v) is 9.59. The molecule has 0 aliphatic rings. The molecule has 2 aromatic heterocycles. The zero-order chi connectivity index (χ0) is 10.5. The Kier molecular flexibility index (Phi) is 3.59. The minimum Gasteiger partial charge on any atom is -0.490 e. The zero-order valence-electron chi connectivity index (χ0n) is 8.02. The number of rotatable bonds is 4. The van der Waals surface area contributed by atoms with E-state index in [0.29, 0.717) is 17.5 Å². The lowest BCUT2D eigenvalue weighted by atomic mass is 10.3. The summed E-state index contributed by atoms with van der Waals surface area (Å²) in [5.74, 6) is 0.649. The van der Waals surface area contributed by atoms with Crippen LogP contribution in [0.2, 0.25) is 5.15 Å². The lowest BCUT2D eigenvalue weighted by Crippen LogP contribution is -2.00. The van der Waals surface area contributed by atoms with E-state index in [2.05, 4.69) is 16.4 Å². The molecule has 0 fully saturated rings. The number of hydrogen-bond donors (Lipinski definition) is 0. The number of halogens is 1. The Balaban J connectivity index is 1.86. The van der Waals surface area contributed by atoms with Crippen LogP contribution in [-0.2, 0) is 6.42 Å². The average Bonchev–Trinajstić information content (AvgIpc) is 2.74. The minimum absolute atomic E-state index is 0.420. The van der Waals surface area contributed by atoms with Gasteiger partial charge in [0.05, 0.1) is 6.61 Å².